The number of thiophene rings is 1. The molecule has 5 heteroatoms. The predicted molar refractivity (Wildman–Crippen MR) is 95.2 cm³/mol. The van der Waals surface area contributed by atoms with Crippen molar-refractivity contribution in [2.75, 3.05) is 0 Å². The third-order valence-electron chi connectivity index (χ3n) is 3.86. The van der Waals surface area contributed by atoms with Crippen LogP contribution < -0.4 is 0 Å². The zero-order valence-electron chi connectivity index (χ0n) is 13.5. The summed E-state index contributed by atoms with van der Waals surface area (Å²) in [6.45, 7) is 0. The topological polar surface area (TPSA) is 56.0 Å². The molecular formula is C19H20N2O2S. The Morgan fingerprint density at radius 3 is 2.58 bits per heavy atom. The van der Waals surface area contributed by atoms with Crippen molar-refractivity contribution in [3.8, 4) is 10.8 Å². The smallest absolute Gasteiger partial charge is 0.284 e. The Balaban J connectivity index is 1.35. The largest absolute Gasteiger partial charge is 0.413 e. The molecule has 2 aromatic heterocycles. The number of carbonyl (C=O) groups is 1. The Morgan fingerprint density at radius 2 is 1.79 bits per heavy atom. The number of carbonyl (C=O) groups excluding carboxylic acids is 1. The quantitative estimate of drug-likeness (QED) is 0.398. The van der Waals surface area contributed by atoms with Gasteiger partial charge in [0.1, 0.15) is 0 Å². The van der Waals surface area contributed by atoms with E-state index in [1.54, 1.807) is 0 Å². The number of nitrogens with zero attached hydrogens (tertiary/aromatic N) is 2. The van der Waals surface area contributed by atoms with E-state index in [2.05, 4.69) is 34.5 Å². The van der Waals surface area contributed by atoms with Crippen LogP contribution in [0.3, 0.4) is 0 Å². The first kappa shape index (κ1) is 16.6. The van der Waals surface area contributed by atoms with Gasteiger partial charge in [-0.3, -0.25) is 4.79 Å². The van der Waals surface area contributed by atoms with E-state index in [9.17, 15) is 4.79 Å². The second-order valence-corrected chi connectivity index (χ2v) is 6.66. The van der Waals surface area contributed by atoms with Crippen LogP contribution in [0, 0.1) is 0 Å². The maximum absolute atomic E-state index is 12.1. The normalized spacial score (nSPS) is 10.8. The number of aryl methyl sites for hydroxylation is 1. The standard InChI is InChI=1S/C19H20N2O2S/c22-16(18-20-21-19(23-18)17-13-8-14-24-17)12-7-2-1-4-9-15-10-5-3-6-11-15/h3,5-6,8,10-11,13-14H,1-2,4,7,9,12H2. The molecule has 0 aliphatic heterocycles. The minimum absolute atomic E-state index is 0.0617. The van der Waals surface area contributed by atoms with Crippen molar-refractivity contribution in [2.45, 2.75) is 38.5 Å². The molecule has 0 spiro atoms. The fourth-order valence-corrected chi connectivity index (χ4v) is 3.20. The first-order chi connectivity index (χ1) is 11.8. The summed E-state index contributed by atoms with van der Waals surface area (Å²) in [4.78, 5) is 13.0. The van der Waals surface area contributed by atoms with Gasteiger partial charge in [0.25, 0.3) is 11.8 Å². The molecule has 0 N–H and O–H groups in total. The van der Waals surface area contributed by atoms with Gasteiger partial charge >= 0.3 is 0 Å². The molecule has 124 valence electrons. The lowest BCUT2D eigenvalue weighted by Gasteiger charge is -2.01. The Morgan fingerprint density at radius 1 is 0.958 bits per heavy atom. The molecule has 0 amide bonds. The molecule has 0 fully saturated rings. The van der Waals surface area contributed by atoms with Crippen molar-refractivity contribution in [3.05, 3.63) is 59.3 Å². The molecule has 0 radical (unpaired) electrons. The Kier molecular flexibility index (Phi) is 5.90. The monoisotopic (exact) mass is 340 g/mol. The highest BCUT2D eigenvalue weighted by atomic mass is 32.1. The van der Waals surface area contributed by atoms with E-state index in [1.165, 1.54) is 16.9 Å². The number of aromatic nitrogens is 2. The first-order valence-electron chi connectivity index (χ1n) is 8.27. The van der Waals surface area contributed by atoms with Gasteiger partial charge in [-0.1, -0.05) is 49.2 Å². The maximum Gasteiger partial charge on any atom is 0.284 e. The van der Waals surface area contributed by atoms with Crippen LogP contribution in [0.15, 0.2) is 52.3 Å². The summed E-state index contributed by atoms with van der Waals surface area (Å²) < 4.78 is 5.46. The zero-order chi connectivity index (χ0) is 16.6. The number of rotatable bonds is 9. The minimum atomic E-state index is -0.0617. The average molecular weight is 340 g/mol. The third-order valence-corrected chi connectivity index (χ3v) is 4.72. The van der Waals surface area contributed by atoms with E-state index in [1.807, 2.05) is 23.6 Å². The number of ketones is 1. The van der Waals surface area contributed by atoms with Gasteiger partial charge in [-0.05, 0) is 36.3 Å². The van der Waals surface area contributed by atoms with E-state index in [0.717, 1.165) is 37.0 Å². The molecule has 0 saturated carbocycles. The van der Waals surface area contributed by atoms with Crippen molar-refractivity contribution >= 4 is 17.1 Å². The third kappa shape index (κ3) is 4.61. The fraction of sp³-hybridized carbons (Fsp3) is 0.316. The fourth-order valence-electron chi connectivity index (χ4n) is 2.56. The molecule has 3 rings (SSSR count). The van der Waals surface area contributed by atoms with Crippen LogP contribution in [0.4, 0.5) is 0 Å². The number of Topliss-reactive ketones (excluding diaryl/α,β-unsaturated/α-hetero) is 1. The van der Waals surface area contributed by atoms with Crippen LogP contribution in [-0.2, 0) is 6.42 Å². The Labute approximate surface area is 145 Å². The molecule has 3 aromatic rings. The zero-order valence-corrected chi connectivity index (χ0v) is 14.3. The van der Waals surface area contributed by atoms with E-state index in [0.29, 0.717) is 12.3 Å². The van der Waals surface area contributed by atoms with Gasteiger partial charge in [-0.2, -0.15) is 0 Å². The molecule has 4 nitrogen and oxygen atoms in total. The maximum atomic E-state index is 12.1. The molecule has 24 heavy (non-hydrogen) atoms. The lowest BCUT2D eigenvalue weighted by Crippen LogP contribution is -1.99. The van der Waals surface area contributed by atoms with Crippen molar-refractivity contribution in [3.63, 3.8) is 0 Å². The van der Waals surface area contributed by atoms with Gasteiger partial charge in [0.05, 0.1) is 4.88 Å². The summed E-state index contributed by atoms with van der Waals surface area (Å²) >= 11 is 1.52. The number of benzene rings is 1. The first-order valence-corrected chi connectivity index (χ1v) is 9.15. The van der Waals surface area contributed by atoms with E-state index in [4.69, 9.17) is 4.42 Å². The molecule has 0 saturated heterocycles. The lowest BCUT2D eigenvalue weighted by atomic mass is 10.0. The van der Waals surface area contributed by atoms with Crippen LogP contribution in [-0.4, -0.2) is 16.0 Å². The summed E-state index contributed by atoms with van der Waals surface area (Å²) in [6.07, 6.45) is 5.77. The van der Waals surface area contributed by atoms with Gasteiger partial charge in [0.2, 0.25) is 5.78 Å². The highest BCUT2D eigenvalue weighted by Gasteiger charge is 2.15. The van der Waals surface area contributed by atoms with Crippen molar-refractivity contribution < 1.29 is 9.21 Å². The summed E-state index contributed by atoms with van der Waals surface area (Å²) in [6, 6.07) is 14.3. The number of unbranched alkanes of at least 4 members (excludes halogenated alkanes) is 3. The summed E-state index contributed by atoms with van der Waals surface area (Å²) in [5.74, 6) is 0.493. The second kappa shape index (κ2) is 8.55. The van der Waals surface area contributed by atoms with Gasteiger partial charge in [-0.25, -0.2) is 0 Å². The van der Waals surface area contributed by atoms with Gasteiger partial charge < -0.3 is 4.42 Å². The summed E-state index contributed by atoms with van der Waals surface area (Å²) in [5, 5.41) is 9.75. The highest BCUT2D eigenvalue weighted by molar-refractivity contribution is 7.13. The summed E-state index contributed by atoms with van der Waals surface area (Å²) in [7, 11) is 0. The summed E-state index contributed by atoms with van der Waals surface area (Å²) in [5.41, 5.74) is 1.38. The van der Waals surface area contributed by atoms with Crippen LogP contribution >= 0.6 is 11.3 Å². The highest BCUT2D eigenvalue weighted by Crippen LogP contribution is 2.23. The molecule has 0 bridgehead atoms. The Hall–Kier alpha value is -2.27. The molecule has 0 unspecified atom stereocenters. The molecule has 1 aromatic carbocycles. The van der Waals surface area contributed by atoms with Crippen LogP contribution in [0.2, 0.25) is 0 Å². The molecular weight excluding hydrogens is 320 g/mol. The van der Waals surface area contributed by atoms with Gasteiger partial charge in [0, 0.05) is 6.42 Å². The van der Waals surface area contributed by atoms with Gasteiger partial charge in [0.15, 0.2) is 0 Å². The van der Waals surface area contributed by atoms with Crippen LogP contribution in [0.1, 0.15) is 48.4 Å². The predicted octanol–water partition coefficient (Wildman–Crippen LogP) is 5.17. The van der Waals surface area contributed by atoms with Crippen molar-refractivity contribution in [2.24, 2.45) is 0 Å². The van der Waals surface area contributed by atoms with E-state index < -0.39 is 0 Å². The number of hydrogen-bond donors (Lipinski definition) is 0. The number of hydrogen-bond acceptors (Lipinski definition) is 5. The van der Waals surface area contributed by atoms with Crippen molar-refractivity contribution in [1.29, 1.82) is 0 Å². The van der Waals surface area contributed by atoms with Crippen LogP contribution in [0.5, 0.6) is 0 Å². The second-order valence-electron chi connectivity index (χ2n) is 5.71. The lowest BCUT2D eigenvalue weighted by molar-refractivity contribution is 0.0946. The molecule has 0 atom stereocenters. The van der Waals surface area contributed by atoms with Crippen molar-refractivity contribution in [1.82, 2.24) is 10.2 Å². The van der Waals surface area contributed by atoms with E-state index in [-0.39, 0.29) is 11.7 Å². The molecule has 0 aliphatic rings. The Bertz CT molecular complexity index is 751. The average Bonchev–Trinajstić information content (AvgIpc) is 3.29. The van der Waals surface area contributed by atoms with E-state index >= 15 is 0 Å². The SMILES string of the molecule is O=C(CCCCCCc1ccccc1)c1nnc(-c2cccs2)o1. The van der Waals surface area contributed by atoms with Crippen LogP contribution in [0.25, 0.3) is 10.8 Å². The minimum Gasteiger partial charge on any atom is -0.413 e. The van der Waals surface area contributed by atoms with Gasteiger partial charge in [-0.15, -0.1) is 21.5 Å². The molecule has 0 aliphatic carbocycles. The molecule has 2 heterocycles.